The Kier molecular flexibility index (Phi) is 6.91. The van der Waals surface area contributed by atoms with Gasteiger partial charge in [-0.25, -0.2) is 9.99 Å². The molecule has 28 heavy (non-hydrogen) atoms. The largest absolute Gasteiger partial charge is 0.484 e. The fraction of sp³-hybridized carbons (Fsp3) is 0.333. The van der Waals surface area contributed by atoms with Crippen LogP contribution in [0.2, 0.25) is 0 Å². The molecular weight excluding hydrogens is 377 g/mol. The second-order valence-corrected chi connectivity index (χ2v) is 5.81. The number of amides is 2. The SMILES string of the molecule is CCC(=O)NN(C(=O)c1cnccn1)C(C)c1cccc(OCC(F)(F)F)c1. The lowest BCUT2D eigenvalue weighted by atomic mass is 10.1. The molecule has 2 aromatic rings. The van der Waals surface area contributed by atoms with Crippen LogP contribution in [0.4, 0.5) is 13.2 Å². The van der Waals surface area contributed by atoms with Crippen molar-refractivity contribution in [2.45, 2.75) is 32.5 Å². The molecule has 2 amide bonds. The highest BCUT2D eigenvalue weighted by Gasteiger charge is 2.29. The lowest BCUT2D eigenvalue weighted by Crippen LogP contribution is -2.47. The molecule has 2 rings (SSSR count). The summed E-state index contributed by atoms with van der Waals surface area (Å²) in [6.45, 7) is 1.81. The number of ether oxygens (including phenoxy) is 1. The van der Waals surface area contributed by atoms with Crippen molar-refractivity contribution in [3.63, 3.8) is 0 Å². The van der Waals surface area contributed by atoms with E-state index in [1.807, 2.05) is 0 Å². The number of hydrogen-bond donors (Lipinski definition) is 1. The van der Waals surface area contributed by atoms with Crippen LogP contribution in [0.1, 0.15) is 42.4 Å². The molecule has 1 N–H and O–H groups in total. The number of nitrogens with zero attached hydrogens (tertiary/aromatic N) is 3. The molecule has 0 bridgehead atoms. The lowest BCUT2D eigenvalue weighted by molar-refractivity contribution is -0.153. The van der Waals surface area contributed by atoms with Gasteiger partial charge in [0.2, 0.25) is 5.91 Å². The Balaban J connectivity index is 2.27. The van der Waals surface area contributed by atoms with Gasteiger partial charge in [0.15, 0.2) is 6.61 Å². The monoisotopic (exact) mass is 396 g/mol. The molecule has 0 aliphatic heterocycles. The molecule has 0 spiro atoms. The topological polar surface area (TPSA) is 84.4 Å². The van der Waals surface area contributed by atoms with E-state index < -0.39 is 30.6 Å². The van der Waals surface area contributed by atoms with Gasteiger partial charge in [-0.1, -0.05) is 19.1 Å². The number of hydrazine groups is 1. The van der Waals surface area contributed by atoms with Crippen LogP contribution in [-0.2, 0) is 4.79 Å². The zero-order valence-electron chi connectivity index (χ0n) is 15.2. The van der Waals surface area contributed by atoms with E-state index in [2.05, 4.69) is 15.4 Å². The van der Waals surface area contributed by atoms with Gasteiger partial charge in [0.05, 0.1) is 12.2 Å². The Morgan fingerprint density at radius 1 is 1.29 bits per heavy atom. The van der Waals surface area contributed by atoms with E-state index in [0.717, 1.165) is 5.01 Å². The van der Waals surface area contributed by atoms with Gasteiger partial charge >= 0.3 is 6.18 Å². The molecule has 0 fully saturated rings. The number of benzene rings is 1. The highest BCUT2D eigenvalue weighted by Crippen LogP contribution is 2.25. The van der Waals surface area contributed by atoms with Gasteiger partial charge in [-0.15, -0.1) is 0 Å². The fourth-order valence-corrected chi connectivity index (χ4v) is 2.25. The van der Waals surface area contributed by atoms with Gasteiger partial charge < -0.3 is 4.74 Å². The molecule has 0 saturated carbocycles. The smallest absolute Gasteiger partial charge is 0.422 e. The minimum absolute atomic E-state index is 0.00426. The minimum atomic E-state index is -4.47. The molecule has 1 atom stereocenters. The zero-order valence-corrected chi connectivity index (χ0v) is 15.2. The van der Waals surface area contributed by atoms with E-state index >= 15 is 0 Å². The number of hydrogen-bond acceptors (Lipinski definition) is 5. The number of carbonyl (C=O) groups excluding carboxylic acids is 2. The van der Waals surface area contributed by atoms with Crippen molar-refractivity contribution in [1.29, 1.82) is 0 Å². The van der Waals surface area contributed by atoms with Crippen LogP contribution >= 0.6 is 0 Å². The molecule has 0 aliphatic carbocycles. The van der Waals surface area contributed by atoms with E-state index in [9.17, 15) is 22.8 Å². The third-order valence-electron chi connectivity index (χ3n) is 3.70. The van der Waals surface area contributed by atoms with Crippen LogP contribution in [0, 0.1) is 0 Å². The van der Waals surface area contributed by atoms with Crippen molar-refractivity contribution in [3.05, 3.63) is 54.1 Å². The third-order valence-corrected chi connectivity index (χ3v) is 3.70. The van der Waals surface area contributed by atoms with Crippen molar-refractivity contribution in [2.24, 2.45) is 0 Å². The maximum Gasteiger partial charge on any atom is 0.422 e. The van der Waals surface area contributed by atoms with E-state index in [1.165, 1.54) is 36.8 Å². The van der Waals surface area contributed by atoms with Crippen LogP contribution in [-0.4, -0.2) is 39.6 Å². The first-order valence-electron chi connectivity index (χ1n) is 8.40. The quantitative estimate of drug-likeness (QED) is 0.759. The second kappa shape index (κ2) is 9.16. The Morgan fingerprint density at radius 2 is 2.04 bits per heavy atom. The van der Waals surface area contributed by atoms with Crippen molar-refractivity contribution >= 4 is 11.8 Å². The van der Waals surface area contributed by atoms with Crippen molar-refractivity contribution in [3.8, 4) is 5.75 Å². The number of rotatable bonds is 6. The number of halogens is 3. The van der Waals surface area contributed by atoms with Gasteiger partial charge in [-0.2, -0.15) is 13.2 Å². The molecule has 10 heteroatoms. The molecule has 1 aromatic heterocycles. The third kappa shape index (κ3) is 5.93. The van der Waals surface area contributed by atoms with E-state index in [0.29, 0.717) is 5.56 Å². The first-order chi connectivity index (χ1) is 13.2. The molecular formula is C18H19F3N4O3. The standard InChI is InChI=1S/C18H19F3N4O3/c1-3-16(26)24-25(17(27)15-10-22-7-8-23-15)12(2)13-5-4-6-14(9-13)28-11-18(19,20)21/h4-10,12H,3,11H2,1-2H3,(H,24,26). The normalized spacial score (nSPS) is 12.2. The predicted octanol–water partition coefficient (Wildman–Crippen LogP) is 3.06. The maximum absolute atomic E-state index is 12.8. The van der Waals surface area contributed by atoms with Crippen LogP contribution < -0.4 is 10.2 Å². The first-order valence-corrected chi connectivity index (χ1v) is 8.40. The highest BCUT2D eigenvalue weighted by atomic mass is 19.4. The fourth-order valence-electron chi connectivity index (χ4n) is 2.25. The summed E-state index contributed by atoms with van der Waals surface area (Å²) >= 11 is 0. The van der Waals surface area contributed by atoms with Crippen LogP contribution in [0.5, 0.6) is 5.75 Å². The Morgan fingerprint density at radius 3 is 2.64 bits per heavy atom. The van der Waals surface area contributed by atoms with Crippen LogP contribution in [0.15, 0.2) is 42.9 Å². The van der Waals surface area contributed by atoms with E-state index in [-0.39, 0.29) is 17.9 Å². The molecule has 0 radical (unpaired) electrons. The average Bonchev–Trinajstić information content (AvgIpc) is 2.69. The molecule has 0 saturated heterocycles. The molecule has 150 valence electrons. The molecule has 1 aromatic carbocycles. The van der Waals surface area contributed by atoms with E-state index in [1.54, 1.807) is 19.9 Å². The Bertz CT molecular complexity index is 815. The molecule has 7 nitrogen and oxygen atoms in total. The van der Waals surface area contributed by atoms with Gasteiger partial charge in [0.1, 0.15) is 11.4 Å². The number of carbonyl (C=O) groups is 2. The van der Waals surface area contributed by atoms with Crippen LogP contribution in [0.3, 0.4) is 0 Å². The number of alkyl halides is 3. The minimum Gasteiger partial charge on any atom is -0.484 e. The first kappa shape index (κ1) is 21.1. The van der Waals surface area contributed by atoms with Gasteiger partial charge in [-0.05, 0) is 24.6 Å². The Hall–Kier alpha value is -3.17. The number of aromatic nitrogens is 2. The summed E-state index contributed by atoms with van der Waals surface area (Å²) < 4.78 is 41.8. The summed E-state index contributed by atoms with van der Waals surface area (Å²) in [5, 5.41) is 1.07. The van der Waals surface area contributed by atoms with Crippen LogP contribution in [0.25, 0.3) is 0 Å². The Labute approximate surface area is 159 Å². The second-order valence-electron chi connectivity index (χ2n) is 5.81. The van der Waals surface area contributed by atoms with Crippen molar-refractivity contribution in [2.75, 3.05) is 6.61 Å². The van der Waals surface area contributed by atoms with Crippen molar-refractivity contribution < 1.29 is 27.5 Å². The molecule has 1 heterocycles. The van der Waals surface area contributed by atoms with Gasteiger partial charge in [0, 0.05) is 18.8 Å². The lowest BCUT2D eigenvalue weighted by Gasteiger charge is -2.29. The maximum atomic E-state index is 12.8. The number of nitrogens with one attached hydrogen (secondary N) is 1. The van der Waals surface area contributed by atoms with Crippen molar-refractivity contribution in [1.82, 2.24) is 20.4 Å². The zero-order chi connectivity index (χ0) is 20.7. The summed E-state index contributed by atoms with van der Waals surface area (Å²) in [5.74, 6) is -1.02. The summed E-state index contributed by atoms with van der Waals surface area (Å²) in [4.78, 5) is 32.4. The van der Waals surface area contributed by atoms with Gasteiger partial charge in [-0.3, -0.25) is 20.0 Å². The summed E-state index contributed by atoms with van der Waals surface area (Å²) in [5.41, 5.74) is 2.97. The average molecular weight is 396 g/mol. The van der Waals surface area contributed by atoms with Gasteiger partial charge in [0.25, 0.3) is 5.91 Å². The van der Waals surface area contributed by atoms with E-state index in [4.69, 9.17) is 4.74 Å². The summed E-state index contributed by atoms with van der Waals surface area (Å²) in [6.07, 6.45) is -0.348. The summed E-state index contributed by atoms with van der Waals surface area (Å²) in [6, 6.07) is 5.16. The summed E-state index contributed by atoms with van der Waals surface area (Å²) in [7, 11) is 0. The predicted molar refractivity (Wildman–Crippen MR) is 93.0 cm³/mol. The molecule has 0 aliphatic rings. The molecule has 1 unspecified atom stereocenters. The highest BCUT2D eigenvalue weighted by molar-refractivity contribution is 5.93.